The Morgan fingerprint density at radius 2 is 1.78 bits per heavy atom. The molecule has 46 heavy (non-hydrogen) atoms. The third kappa shape index (κ3) is 4.88. The first kappa shape index (κ1) is 33.5. The fraction of sp³-hybridized carbons (Fsp3) is 0.588. The van der Waals surface area contributed by atoms with Crippen LogP contribution < -0.4 is 0 Å². The third-order valence-electron chi connectivity index (χ3n) is 10.6. The Bertz CT molecular complexity index is 1530. The fourth-order valence-electron chi connectivity index (χ4n) is 7.94. The van der Waals surface area contributed by atoms with Crippen molar-refractivity contribution < 1.29 is 57.5 Å². The number of fused-ring (bicyclic) bond motifs is 4. The Labute approximate surface area is 267 Å². The number of ether oxygens (including phenoxy) is 5. The predicted octanol–water partition coefficient (Wildman–Crippen LogP) is 3.97. The van der Waals surface area contributed by atoms with Crippen LogP contribution in [-0.4, -0.2) is 64.8 Å². The van der Waals surface area contributed by atoms with E-state index in [0.717, 1.165) is 13.0 Å². The maximum Gasteiger partial charge on any atom is 0.333 e. The highest BCUT2D eigenvalue weighted by atomic mass is 16.7. The van der Waals surface area contributed by atoms with Gasteiger partial charge in [-0.15, -0.1) is 0 Å². The van der Waals surface area contributed by atoms with Gasteiger partial charge in [0.25, 0.3) is 0 Å². The van der Waals surface area contributed by atoms with Crippen molar-refractivity contribution in [2.45, 2.75) is 97.4 Å². The van der Waals surface area contributed by atoms with Crippen molar-refractivity contribution in [3.63, 3.8) is 0 Å². The summed E-state index contributed by atoms with van der Waals surface area (Å²) in [6.07, 6.45) is 1.79. The molecule has 2 aliphatic heterocycles. The van der Waals surface area contributed by atoms with Gasteiger partial charge in [0.2, 0.25) is 5.79 Å². The van der Waals surface area contributed by atoms with Gasteiger partial charge in [0.1, 0.15) is 18.0 Å². The molecule has 0 radical (unpaired) electrons. The molecular weight excluding hydrogens is 600 g/mol. The van der Waals surface area contributed by atoms with E-state index in [2.05, 4.69) is 0 Å². The van der Waals surface area contributed by atoms with Crippen LogP contribution >= 0.6 is 0 Å². The molecule has 0 amide bonds. The lowest BCUT2D eigenvalue weighted by atomic mass is 9.51. The molecule has 1 saturated heterocycles. The molecule has 0 unspecified atom stereocenters. The second-order valence-electron chi connectivity index (χ2n) is 13.6. The number of cyclic esters (lactones) is 1. The largest absolute Gasteiger partial charge is 0.472 e. The van der Waals surface area contributed by atoms with Gasteiger partial charge in [0.05, 0.1) is 32.0 Å². The van der Waals surface area contributed by atoms with Gasteiger partial charge in [-0.25, -0.2) is 9.59 Å². The average molecular weight is 643 g/mol. The zero-order chi connectivity index (χ0) is 34.0. The van der Waals surface area contributed by atoms with E-state index in [9.17, 15) is 29.4 Å². The molecule has 2 N–H and O–H groups in total. The van der Waals surface area contributed by atoms with Gasteiger partial charge >= 0.3 is 23.9 Å². The molecule has 0 aromatic carbocycles. The summed E-state index contributed by atoms with van der Waals surface area (Å²) in [6.45, 7) is 11.5. The Morgan fingerprint density at radius 1 is 1.09 bits per heavy atom. The lowest BCUT2D eigenvalue weighted by molar-refractivity contribution is -0.356. The maximum absolute atomic E-state index is 13.4. The van der Waals surface area contributed by atoms with E-state index in [-0.39, 0.29) is 30.6 Å². The molecule has 12 nitrogen and oxygen atoms in total. The summed E-state index contributed by atoms with van der Waals surface area (Å²) in [4.78, 5) is 52.0. The molecule has 250 valence electrons. The van der Waals surface area contributed by atoms with Crippen LogP contribution in [0.1, 0.15) is 79.4 Å². The number of hydrogen-bond donors (Lipinski definition) is 2. The summed E-state index contributed by atoms with van der Waals surface area (Å²) >= 11 is 0. The molecule has 3 heterocycles. The number of methoxy groups -OCH3 is 1. The molecule has 5 rings (SSSR count). The van der Waals surface area contributed by atoms with Gasteiger partial charge < -0.3 is 38.3 Å². The van der Waals surface area contributed by atoms with Gasteiger partial charge in [-0.05, 0) is 44.4 Å². The molecule has 4 aliphatic rings. The lowest BCUT2D eigenvalue weighted by Gasteiger charge is -2.64. The van der Waals surface area contributed by atoms with Crippen LogP contribution in [0.2, 0.25) is 0 Å². The van der Waals surface area contributed by atoms with Gasteiger partial charge in [-0.3, -0.25) is 9.59 Å². The summed E-state index contributed by atoms with van der Waals surface area (Å²) in [5, 5.41) is 25.4. The van der Waals surface area contributed by atoms with Crippen LogP contribution in [0.15, 0.2) is 57.6 Å². The average Bonchev–Trinajstić information content (AvgIpc) is 3.53. The van der Waals surface area contributed by atoms with Crippen molar-refractivity contribution in [1.82, 2.24) is 0 Å². The second-order valence-corrected chi connectivity index (χ2v) is 13.6. The normalized spacial score (nSPS) is 36.6. The third-order valence-corrected chi connectivity index (χ3v) is 10.6. The molecule has 8 atom stereocenters. The van der Waals surface area contributed by atoms with Crippen molar-refractivity contribution in [2.24, 2.45) is 22.7 Å². The van der Waals surface area contributed by atoms with Crippen molar-refractivity contribution in [1.29, 1.82) is 0 Å². The highest BCUT2D eigenvalue weighted by molar-refractivity contribution is 5.88. The summed E-state index contributed by atoms with van der Waals surface area (Å²) in [7, 11) is 1.27. The summed E-state index contributed by atoms with van der Waals surface area (Å²) in [5.41, 5.74) is -3.25. The minimum Gasteiger partial charge on any atom is -0.472 e. The number of aliphatic hydroxyl groups is 2. The van der Waals surface area contributed by atoms with E-state index in [4.69, 9.17) is 28.1 Å². The molecule has 0 bridgehead atoms. The predicted molar refractivity (Wildman–Crippen MR) is 159 cm³/mol. The molecule has 2 aliphatic carbocycles. The zero-order valence-electron chi connectivity index (χ0n) is 27.4. The van der Waals surface area contributed by atoms with E-state index >= 15 is 0 Å². The lowest BCUT2D eigenvalue weighted by Crippen LogP contribution is -2.76. The molecule has 1 aromatic rings. The summed E-state index contributed by atoms with van der Waals surface area (Å²) < 4.78 is 34.6. The monoisotopic (exact) mass is 642 g/mol. The molecule has 1 saturated carbocycles. The van der Waals surface area contributed by atoms with E-state index in [1.54, 1.807) is 53.7 Å². The highest BCUT2D eigenvalue weighted by Crippen LogP contribution is 2.66. The van der Waals surface area contributed by atoms with Gasteiger partial charge in [0.15, 0.2) is 11.7 Å². The van der Waals surface area contributed by atoms with Crippen molar-refractivity contribution >= 4 is 23.9 Å². The van der Waals surface area contributed by atoms with Crippen LogP contribution in [-0.2, 0) is 42.9 Å². The van der Waals surface area contributed by atoms with E-state index in [1.165, 1.54) is 19.6 Å². The first-order valence-electron chi connectivity index (χ1n) is 15.3. The molecule has 2 fully saturated rings. The highest BCUT2D eigenvalue weighted by Gasteiger charge is 2.75. The first-order valence-corrected chi connectivity index (χ1v) is 15.3. The zero-order valence-corrected chi connectivity index (χ0v) is 27.4. The quantitative estimate of drug-likeness (QED) is 0.261. The molecule has 0 spiro atoms. The van der Waals surface area contributed by atoms with Crippen molar-refractivity contribution in [3.05, 3.63) is 58.8 Å². The number of carbonyl (C=O) groups excluding carboxylic acids is 4. The molecule has 12 heteroatoms. The number of esters is 4. The molecular formula is C34H42O12. The van der Waals surface area contributed by atoms with Crippen molar-refractivity contribution in [2.75, 3.05) is 7.11 Å². The van der Waals surface area contributed by atoms with Crippen LogP contribution in [0.3, 0.4) is 0 Å². The smallest absolute Gasteiger partial charge is 0.333 e. The van der Waals surface area contributed by atoms with Gasteiger partial charge in [-0.2, -0.15) is 0 Å². The minimum absolute atomic E-state index is 0.0448. The number of rotatable bonds is 6. The van der Waals surface area contributed by atoms with Crippen LogP contribution in [0.5, 0.6) is 0 Å². The minimum atomic E-state index is -2.52. The van der Waals surface area contributed by atoms with E-state index < -0.39 is 76.2 Å². The van der Waals surface area contributed by atoms with E-state index in [0.29, 0.717) is 16.7 Å². The Balaban J connectivity index is 1.77. The Kier molecular flexibility index (Phi) is 8.30. The van der Waals surface area contributed by atoms with E-state index in [1.807, 2.05) is 0 Å². The standard InChI is InChI=1S/C34H42O12/c1-9-17(2)30(38)45-28-25-26(18(3)21(31(28,5)6)14-23(36)41-8)46-33(39)12-11-32(7)22(34(33,40)29(25)43-19(4)35)15-24(37)44-27(32)20-10-13-42-16-20/h9-10,13,15-16,21,25,27-29,39-40H,11-12,14H2,1-8H3/t21-,25-,27+,28-,29-,32-,33-,34-/m1/s1. The fourth-order valence-corrected chi connectivity index (χ4v) is 7.94. The number of hydrogen-bond acceptors (Lipinski definition) is 12. The van der Waals surface area contributed by atoms with Crippen LogP contribution in [0.4, 0.5) is 0 Å². The second kappa shape index (κ2) is 11.4. The van der Waals surface area contributed by atoms with Crippen molar-refractivity contribution in [3.8, 4) is 0 Å². The maximum atomic E-state index is 13.4. The summed E-state index contributed by atoms with van der Waals surface area (Å²) in [6, 6.07) is 1.65. The Morgan fingerprint density at radius 3 is 2.37 bits per heavy atom. The summed E-state index contributed by atoms with van der Waals surface area (Å²) in [5.74, 6) is -6.82. The number of furan rings is 1. The number of carbonyl (C=O) groups is 4. The van der Waals surface area contributed by atoms with Gasteiger partial charge in [0, 0.05) is 47.3 Å². The first-order chi connectivity index (χ1) is 21.5. The van der Waals surface area contributed by atoms with Crippen LogP contribution in [0, 0.1) is 22.7 Å². The van der Waals surface area contributed by atoms with Crippen LogP contribution in [0.25, 0.3) is 0 Å². The number of allylic oxidation sites excluding steroid dienone is 2. The van der Waals surface area contributed by atoms with Gasteiger partial charge in [-0.1, -0.05) is 26.8 Å². The molecule has 1 aromatic heterocycles. The SMILES string of the molecule is CC=C(C)C(=O)O[C@@H]1[C@H]2C(=C(C)[C@@H](CC(=O)OC)C1(C)C)O[C@]1(O)CC[C@]3(C)C(=CC(=O)O[C@H]3c3ccoc3)[C@@]1(O)[C@@H]2OC(C)=O. The topological polar surface area (TPSA) is 168 Å². The Hall–Kier alpha value is -3.90.